The topological polar surface area (TPSA) is 112 Å². The lowest BCUT2D eigenvalue weighted by Gasteiger charge is -2.27. The van der Waals surface area contributed by atoms with Crippen molar-refractivity contribution in [3.63, 3.8) is 0 Å². The standard InChI is InChI=1S/C13H17N3O4/c17-10-7-6-9(15-16-10)12(18)14-11(13(19)20)8-4-2-1-3-5-8/h6-8,11H,1-5H2,(H,14,18)(H,16,17)(H,19,20). The molecule has 0 spiro atoms. The third-order valence-corrected chi connectivity index (χ3v) is 3.59. The van der Waals surface area contributed by atoms with Crippen LogP contribution >= 0.6 is 0 Å². The molecule has 0 aromatic carbocycles. The van der Waals surface area contributed by atoms with Crippen LogP contribution in [0.25, 0.3) is 0 Å². The molecule has 0 bridgehead atoms. The molecule has 0 radical (unpaired) electrons. The molecule has 1 heterocycles. The number of carboxylic acids is 1. The molecule has 1 fully saturated rings. The summed E-state index contributed by atoms with van der Waals surface area (Å²) in [5.41, 5.74) is -0.407. The Morgan fingerprint density at radius 3 is 2.55 bits per heavy atom. The molecule has 1 aromatic rings. The molecule has 1 aliphatic rings. The van der Waals surface area contributed by atoms with Crippen molar-refractivity contribution in [3.05, 3.63) is 28.2 Å². The zero-order valence-corrected chi connectivity index (χ0v) is 11.0. The molecule has 1 aliphatic carbocycles. The summed E-state index contributed by atoms with van der Waals surface area (Å²) in [5.74, 6) is -1.66. The molecular formula is C13H17N3O4. The highest BCUT2D eigenvalue weighted by Gasteiger charge is 2.31. The zero-order chi connectivity index (χ0) is 14.5. The van der Waals surface area contributed by atoms with Crippen molar-refractivity contribution in [2.75, 3.05) is 0 Å². The molecule has 0 aliphatic heterocycles. The van der Waals surface area contributed by atoms with E-state index in [0.29, 0.717) is 0 Å². The number of nitrogens with one attached hydrogen (secondary N) is 2. The molecule has 108 valence electrons. The summed E-state index contributed by atoms with van der Waals surface area (Å²) in [7, 11) is 0. The van der Waals surface area contributed by atoms with Gasteiger partial charge in [-0.3, -0.25) is 9.59 Å². The number of hydrogen-bond donors (Lipinski definition) is 3. The first kappa shape index (κ1) is 14.2. The summed E-state index contributed by atoms with van der Waals surface area (Å²) in [6.07, 6.45) is 4.69. The van der Waals surface area contributed by atoms with Gasteiger partial charge in [-0.25, -0.2) is 9.89 Å². The summed E-state index contributed by atoms with van der Waals surface area (Å²) >= 11 is 0. The van der Waals surface area contributed by atoms with Gasteiger partial charge < -0.3 is 10.4 Å². The van der Waals surface area contributed by atoms with E-state index in [4.69, 9.17) is 0 Å². The maximum absolute atomic E-state index is 12.0. The van der Waals surface area contributed by atoms with Crippen LogP contribution in [0.15, 0.2) is 16.9 Å². The number of nitrogens with zero attached hydrogens (tertiary/aromatic N) is 1. The quantitative estimate of drug-likeness (QED) is 0.744. The minimum atomic E-state index is -1.03. The van der Waals surface area contributed by atoms with Crippen LogP contribution in [-0.4, -0.2) is 33.2 Å². The summed E-state index contributed by atoms with van der Waals surface area (Å²) in [6, 6.07) is 1.54. The van der Waals surface area contributed by atoms with E-state index in [1.807, 2.05) is 0 Å². The normalized spacial score (nSPS) is 17.4. The predicted octanol–water partition coefficient (Wildman–Crippen LogP) is 0.533. The van der Waals surface area contributed by atoms with E-state index in [-0.39, 0.29) is 11.6 Å². The third-order valence-electron chi connectivity index (χ3n) is 3.59. The van der Waals surface area contributed by atoms with E-state index in [9.17, 15) is 19.5 Å². The van der Waals surface area contributed by atoms with Crippen LogP contribution in [0, 0.1) is 5.92 Å². The van der Waals surface area contributed by atoms with Gasteiger partial charge in [0.25, 0.3) is 11.5 Å². The van der Waals surface area contributed by atoms with Gasteiger partial charge in [0.1, 0.15) is 11.7 Å². The SMILES string of the molecule is O=C(NC(C(=O)O)C1CCCCC1)c1ccc(=O)[nH]n1. The van der Waals surface area contributed by atoms with Crippen molar-refractivity contribution in [2.45, 2.75) is 38.1 Å². The molecular weight excluding hydrogens is 262 g/mol. The summed E-state index contributed by atoms with van der Waals surface area (Å²) in [4.78, 5) is 34.2. The Kier molecular flexibility index (Phi) is 4.49. The largest absolute Gasteiger partial charge is 0.480 e. The summed E-state index contributed by atoms with van der Waals surface area (Å²) < 4.78 is 0. The first-order valence-corrected chi connectivity index (χ1v) is 6.67. The van der Waals surface area contributed by atoms with Crippen LogP contribution in [0.5, 0.6) is 0 Å². The van der Waals surface area contributed by atoms with Gasteiger partial charge in [-0.05, 0) is 24.8 Å². The van der Waals surface area contributed by atoms with Gasteiger partial charge in [0.05, 0.1) is 0 Å². The number of carbonyl (C=O) groups is 2. The second kappa shape index (κ2) is 6.31. The number of carboxylic acid groups (broad SMARTS) is 1. The van der Waals surface area contributed by atoms with Crippen molar-refractivity contribution in [1.29, 1.82) is 0 Å². The average Bonchev–Trinajstić information content (AvgIpc) is 2.46. The molecule has 1 amide bonds. The lowest BCUT2D eigenvalue weighted by atomic mass is 9.84. The van der Waals surface area contributed by atoms with Crippen LogP contribution in [0.2, 0.25) is 0 Å². The fourth-order valence-electron chi connectivity index (χ4n) is 2.53. The van der Waals surface area contributed by atoms with Crippen molar-refractivity contribution in [3.8, 4) is 0 Å². The van der Waals surface area contributed by atoms with Gasteiger partial charge in [0, 0.05) is 6.07 Å². The number of amides is 1. The number of aromatic nitrogens is 2. The number of hydrogen-bond acceptors (Lipinski definition) is 4. The molecule has 1 saturated carbocycles. The minimum absolute atomic E-state index is 0.00617. The maximum atomic E-state index is 12.0. The van der Waals surface area contributed by atoms with E-state index < -0.39 is 23.5 Å². The van der Waals surface area contributed by atoms with Crippen molar-refractivity contribution >= 4 is 11.9 Å². The fraction of sp³-hybridized carbons (Fsp3) is 0.538. The second-order valence-electron chi connectivity index (χ2n) is 4.99. The van der Waals surface area contributed by atoms with Gasteiger partial charge in [-0.1, -0.05) is 19.3 Å². The molecule has 0 saturated heterocycles. The van der Waals surface area contributed by atoms with Crippen LogP contribution < -0.4 is 10.9 Å². The van der Waals surface area contributed by atoms with Crippen LogP contribution in [0.4, 0.5) is 0 Å². The molecule has 2 rings (SSSR count). The monoisotopic (exact) mass is 279 g/mol. The smallest absolute Gasteiger partial charge is 0.326 e. The Balaban J connectivity index is 2.07. The first-order chi connectivity index (χ1) is 9.58. The molecule has 3 N–H and O–H groups in total. The second-order valence-corrected chi connectivity index (χ2v) is 4.99. The highest BCUT2D eigenvalue weighted by molar-refractivity contribution is 5.94. The number of aliphatic carboxylic acids is 1. The van der Waals surface area contributed by atoms with Gasteiger partial charge in [0.15, 0.2) is 0 Å². The Morgan fingerprint density at radius 2 is 2.00 bits per heavy atom. The van der Waals surface area contributed by atoms with E-state index in [0.717, 1.165) is 32.1 Å². The highest BCUT2D eigenvalue weighted by atomic mass is 16.4. The van der Waals surface area contributed by atoms with Crippen molar-refractivity contribution < 1.29 is 14.7 Å². The fourth-order valence-corrected chi connectivity index (χ4v) is 2.53. The van der Waals surface area contributed by atoms with E-state index in [2.05, 4.69) is 15.5 Å². The Labute approximate surface area is 115 Å². The number of rotatable bonds is 4. The van der Waals surface area contributed by atoms with Gasteiger partial charge in [-0.15, -0.1) is 0 Å². The Bertz CT molecular complexity index is 528. The molecule has 1 aromatic heterocycles. The predicted molar refractivity (Wildman–Crippen MR) is 70.3 cm³/mol. The zero-order valence-electron chi connectivity index (χ0n) is 11.0. The summed E-state index contributed by atoms with van der Waals surface area (Å²) in [6.45, 7) is 0. The van der Waals surface area contributed by atoms with Crippen LogP contribution in [-0.2, 0) is 4.79 Å². The van der Waals surface area contributed by atoms with Crippen LogP contribution in [0.1, 0.15) is 42.6 Å². The third kappa shape index (κ3) is 3.43. The van der Waals surface area contributed by atoms with Crippen molar-refractivity contribution in [1.82, 2.24) is 15.5 Å². The summed E-state index contributed by atoms with van der Waals surface area (Å²) in [5, 5.41) is 17.5. The first-order valence-electron chi connectivity index (χ1n) is 6.67. The van der Waals surface area contributed by atoms with Gasteiger partial charge in [-0.2, -0.15) is 5.10 Å². The van der Waals surface area contributed by atoms with E-state index in [1.54, 1.807) is 0 Å². The van der Waals surface area contributed by atoms with Crippen molar-refractivity contribution in [2.24, 2.45) is 5.92 Å². The molecule has 1 unspecified atom stereocenters. The van der Waals surface area contributed by atoms with E-state index >= 15 is 0 Å². The number of carbonyl (C=O) groups excluding carboxylic acids is 1. The highest BCUT2D eigenvalue weighted by Crippen LogP contribution is 2.26. The molecule has 7 heteroatoms. The lowest BCUT2D eigenvalue weighted by molar-refractivity contribution is -0.141. The Morgan fingerprint density at radius 1 is 1.30 bits per heavy atom. The molecule has 7 nitrogen and oxygen atoms in total. The van der Waals surface area contributed by atoms with Gasteiger partial charge >= 0.3 is 5.97 Å². The van der Waals surface area contributed by atoms with Gasteiger partial charge in [0.2, 0.25) is 0 Å². The van der Waals surface area contributed by atoms with E-state index in [1.165, 1.54) is 12.1 Å². The Hall–Kier alpha value is -2.18. The maximum Gasteiger partial charge on any atom is 0.326 e. The minimum Gasteiger partial charge on any atom is -0.480 e. The van der Waals surface area contributed by atoms with Crippen LogP contribution in [0.3, 0.4) is 0 Å². The average molecular weight is 279 g/mol. The lowest BCUT2D eigenvalue weighted by Crippen LogP contribution is -2.46. The number of aromatic amines is 1. The molecule has 20 heavy (non-hydrogen) atoms. The number of H-pyrrole nitrogens is 1. The molecule has 1 atom stereocenters.